The lowest BCUT2D eigenvalue weighted by atomic mass is 10.2. The lowest BCUT2D eigenvalue weighted by molar-refractivity contribution is -0.384. The summed E-state index contributed by atoms with van der Waals surface area (Å²) in [6, 6.07) is 4.51. The molecule has 0 aliphatic carbocycles. The molecule has 0 spiro atoms. The Hall–Kier alpha value is -2.61. The van der Waals surface area contributed by atoms with Gasteiger partial charge in [0.2, 0.25) is 0 Å². The summed E-state index contributed by atoms with van der Waals surface area (Å²) >= 11 is 1.28. The van der Waals surface area contributed by atoms with E-state index in [-0.39, 0.29) is 17.1 Å². The van der Waals surface area contributed by atoms with Crippen LogP contribution in [0.15, 0.2) is 23.6 Å². The fourth-order valence-electron chi connectivity index (χ4n) is 2.12. The smallest absolute Gasteiger partial charge is 0.296 e. The van der Waals surface area contributed by atoms with Gasteiger partial charge in [0, 0.05) is 6.07 Å². The van der Waals surface area contributed by atoms with Gasteiger partial charge in [0.25, 0.3) is 11.6 Å². The molecule has 1 N–H and O–H groups in total. The van der Waals surface area contributed by atoms with Gasteiger partial charge in [-0.05, 0) is 37.8 Å². The Bertz CT molecular complexity index is 757. The maximum Gasteiger partial charge on any atom is 0.296 e. The van der Waals surface area contributed by atoms with Crippen LogP contribution >= 0.6 is 11.3 Å². The molecule has 0 atom stereocenters. The van der Waals surface area contributed by atoms with E-state index in [9.17, 15) is 14.9 Å². The van der Waals surface area contributed by atoms with Crippen molar-refractivity contribution in [3.63, 3.8) is 0 Å². The number of anilines is 1. The lowest BCUT2D eigenvalue weighted by Crippen LogP contribution is -2.13. The largest absolute Gasteiger partial charge is 0.490 e. The van der Waals surface area contributed by atoms with Gasteiger partial charge < -0.3 is 14.8 Å². The first-order valence-corrected chi connectivity index (χ1v) is 8.29. The van der Waals surface area contributed by atoms with Gasteiger partial charge in [-0.3, -0.25) is 14.9 Å². The highest BCUT2D eigenvalue weighted by Crippen LogP contribution is 2.38. The summed E-state index contributed by atoms with van der Waals surface area (Å²) in [4.78, 5) is 23.6. The van der Waals surface area contributed by atoms with Crippen molar-refractivity contribution in [1.82, 2.24) is 0 Å². The standard InChI is InChI=1S/C16H18N2O5S/c1-4-22-13-8-11(12(18(20)21)9-14(13)23-5-2)17-16(19)15-10(3)6-7-24-15/h6-9H,4-5H2,1-3H3,(H,17,19). The molecular weight excluding hydrogens is 332 g/mol. The van der Waals surface area contributed by atoms with Crippen molar-refractivity contribution in [3.05, 3.63) is 44.1 Å². The van der Waals surface area contributed by atoms with Crippen LogP contribution in [0, 0.1) is 17.0 Å². The average Bonchev–Trinajstić information content (AvgIpc) is 2.96. The molecule has 1 aromatic heterocycles. The zero-order valence-corrected chi connectivity index (χ0v) is 14.4. The Balaban J connectivity index is 2.43. The number of amides is 1. The van der Waals surface area contributed by atoms with Crippen LogP contribution in [0.25, 0.3) is 0 Å². The third-order valence-electron chi connectivity index (χ3n) is 3.17. The number of benzene rings is 1. The second kappa shape index (κ2) is 7.78. The molecule has 2 aromatic rings. The predicted octanol–water partition coefficient (Wildman–Crippen LogP) is 4.01. The Kier molecular flexibility index (Phi) is 5.75. The molecule has 24 heavy (non-hydrogen) atoms. The first-order valence-electron chi connectivity index (χ1n) is 7.41. The number of nitro groups is 1. The van der Waals surface area contributed by atoms with E-state index in [4.69, 9.17) is 9.47 Å². The molecule has 0 unspecified atom stereocenters. The van der Waals surface area contributed by atoms with Crippen LogP contribution < -0.4 is 14.8 Å². The fraction of sp³-hybridized carbons (Fsp3) is 0.312. The van der Waals surface area contributed by atoms with Crippen molar-refractivity contribution >= 4 is 28.6 Å². The molecule has 1 heterocycles. The monoisotopic (exact) mass is 350 g/mol. The van der Waals surface area contributed by atoms with E-state index in [1.165, 1.54) is 23.5 Å². The molecule has 0 saturated heterocycles. The first kappa shape index (κ1) is 17.7. The third kappa shape index (κ3) is 3.83. The molecule has 0 fully saturated rings. The van der Waals surface area contributed by atoms with E-state index in [0.29, 0.717) is 23.8 Å². The number of nitro benzene ring substituents is 1. The minimum atomic E-state index is -0.560. The molecule has 1 amide bonds. The van der Waals surface area contributed by atoms with Gasteiger partial charge in [0.05, 0.1) is 29.1 Å². The lowest BCUT2D eigenvalue weighted by Gasteiger charge is -2.13. The van der Waals surface area contributed by atoms with Crippen molar-refractivity contribution in [2.75, 3.05) is 18.5 Å². The zero-order valence-electron chi connectivity index (χ0n) is 13.6. The highest BCUT2D eigenvalue weighted by Gasteiger charge is 2.22. The Morgan fingerprint density at radius 2 is 1.88 bits per heavy atom. The van der Waals surface area contributed by atoms with E-state index in [2.05, 4.69) is 5.32 Å². The number of hydrogen-bond donors (Lipinski definition) is 1. The summed E-state index contributed by atoms with van der Waals surface area (Å²) in [5.41, 5.74) is 0.644. The highest BCUT2D eigenvalue weighted by atomic mass is 32.1. The molecule has 0 aliphatic rings. The molecule has 0 radical (unpaired) electrons. The van der Waals surface area contributed by atoms with Gasteiger partial charge in [-0.1, -0.05) is 0 Å². The summed E-state index contributed by atoms with van der Waals surface area (Å²) in [5, 5.41) is 15.7. The second-order valence-electron chi connectivity index (χ2n) is 4.83. The number of rotatable bonds is 7. The minimum Gasteiger partial charge on any atom is -0.490 e. The number of aryl methyl sites for hydroxylation is 1. The minimum absolute atomic E-state index is 0.0738. The van der Waals surface area contributed by atoms with E-state index in [0.717, 1.165) is 5.56 Å². The van der Waals surface area contributed by atoms with Crippen LogP contribution in [0.2, 0.25) is 0 Å². The molecular formula is C16H18N2O5S. The topological polar surface area (TPSA) is 90.7 Å². The predicted molar refractivity (Wildman–Crippen MR) is 92.4 cm³/mol. The normalized spacial score (nSPS) is 10.3. The van der Waals surface area contributed by atoms with Crippen molar-refractivity contribution in [2.24, 2.45) is 0 Å². The van der Waals surface area contributed by atoms with Gasteiger partial charge >= 0.3 is 0 Å². The van der Waals surface area contributed by atoms with Crippen molar-refractivity contribution < 1.29 is 19.2 Å². The molecule has 2 rings (SSSR count). The van der Waals surface area contributed by atoms with Crippen molar-refractivity contribution in [1.29, 1.82) is 0 Å². The average molecular weight is 350 g/mol. The van der Waals surface area contributed by atoms with Crippen LogP contribution in [-0.4, -0.2) is 24.0 Å². The van der Waals surface area contributed by atoms with E-state index < -0.39 is 10.8 Å². The molecule has 8 heteroatoms. The number of ether oxygens (including phenoxy) is 2. The summed E-state index contributed by atoms with van der Waals surface area (Å²) in [7, 11) is 0. The maximum absolute atomic E-state index is 12.4. The third-order valence-corrected chi connectivity index (χ3v) is 4.19. The summed E-state index contributed by atoms with van der Waals surface area (Å²) in [6.45, 7) is 6.09. The van der Waals surface area contributed by atoms with E-state index >= 15 is 0 Å². The van der Waals surface area contributed by atoms with E-state index in [1.54, 1.807) is 19.2 Å². The summed E-state index contributed by atoms with van der Waals surface area (Å²) < 4.78 is 10.9. The Morgan fingerprint density at radius 1 is 1.25 bits per heavy atom. The Morgan fingerprint density at radius 3 is 2.38 bits per heavy atom. The zero-order chi connectivity index (χ0) is 17.7. The molecule has 0 aliphatic heterocycles. The first-order chi connectivity index (χ1) is 11.5. The fourth-order valence-corrected chi connectivity index (χ4v) is 2.94. The molecule has 0 saturated carbocycles. The van der Waals surface area contributed by atoms with Gasteiger partial charge in [0.1, 0.15) is 5.69 Å². The van der Waals surface area contributed by atoms with Gasteiger partial charge in [-0.25, -0.2) is 0 Å². The SMILES string of the molecule is CCOc1cc(NC(=O)c2sccc2C)c([N+](=O)[O-])cc1OCC. The number of carbonyl (C=O) groups excluding carboxylic acids is 1. The van der Waals surface area contributed by atoms with Crippen LogP contribution in [-0.2, 0) is 0 Å². The number of nitrogens with zero attached hydrogens (tertiary/aromatic N) is 1. The van der Waals surface area contributed by atoms with Gasteiger partial charge in [0.15, 0.2) is 11.5 Å². The van der Waals surface area contributed by atoms with Crippen molar-refractivity contribution in [3.8, 4) is 11.5 Å². The number of carbonyl (C=O) groups is 1. The van der Waals surface area contributed by atoms with Crippen LogP contribution in [0.5, 0.6) is 11.5 Å². The number of nitrogens with one attached hydrogen (secondary N) is 1. The Labute approximate surface area is 143 Å². The molecule has 128 valence electrons. The summed E-state index contributed by atoms with van der Waals surface area (Å²) in [5.74, 6) is 0.233. The van der Waals surface area contributed by atoms with Crippen LogP contribution in [0.3, 0.4) is 0 Å². The number of thiophene rings is 1. The van der Waals surface area contributed by atoms with Crippen molar-refractivity contribution in [2.45, 2.75) is 20.8 Å². The molecule has 0 bridgehead atoms. The van der Waals surface area contributed by atoms with Crippen LogP contribution in [0.1, 0.15) is 29.1 Å². The second-order valence-corrected chi connectivity index (χ2v) is 5.74. The quantitative estimate of drug-likeness (QED) is 0.602. The molecule has 7 nitrogen and oxygen atoms in total. The highest BCUT2D eigenvalue weighted by molar-refractivity contribution is 7.12. The number of hydrogen-bond acceptors (Lipinski definition) is 6. The summed E-state index contributed by atoms with van der Waals surface area (Å²) in [6.07, 6.45) is 0. The van der Waals surface area contributed by atoms with Gasteiger partial charge in [-0.15, -0.1) is 11.3 Å². The maximum atomic E-state index is 12.4. The van der Waals surface area contributed by atoms with Gasteiger partial charge in [-0.2, -0.15) is 0 Å². The van der Waals surface area contributed by atoms with Crippen LogP contribution in [0.4, 0.5) is 11.4 Å². The van der Waals surface area contributed by atoms with E-state index in [1.807, 2.05) is 13.0 Å². The molecule has 1 aromatic carbocycles.